The molecule has 3 aliphatic heterocycles. The number of β-amino-alcohol motifs (C(OH)–C–C–N with tert-alkyl or cyclic N) is 1. The summed E-state index contributed by atoms with van der Waals surface area (Å²) in [7, 11) is 1.40. The molecule has 0 unspecified atom stereocenters. The molecule has 3 saturated heterocycles. The lowest BCUT2D eigenvalue weighted by Crippen LogP contribution is -2.64. The van der Waals surface area contributed by atoms with Crippen LogP contribution in [0.1, 0.15) is 58.6 Å². The lowest BCUT2D eigenvalue weighted by molar-refractivity contribution is -0.147. The Morgan fingerprint density at radius 2 is 1.45 bits per heavy atom. The zero-order chi connectivity index (χ0) is 56.2. The van der Waals surface area contributed by atoms with Crippen LogP contribution in [0.15, 0.2) is 48.5 Å². The summed E-state index contributed by atoms with van der Waals surface area (Å²) in [6.45, 7) is 12.0. The van der Waals surface area contributed by atoms with E-state index in [9.17, 15) is 69.0 Å². The molecule has 3 aliphatic rings. The number of benzene rings is 2. The molecule has 26 heteroatoms. The third kappa shape index (κ3) is 15.9. The van der Waals surface area contributed by atoms with Gasteiger partial charge in [0.1, 0.15) is 48.5 Å². The molecule has 13 atom stereocenters. The summed E-state index contributed by atoms with van der Waals surface area (Å²) in [4.78, 5) is 116. The quantitative estimate of drug-likeness (QED) is 0.0861. The second-order valence-corrected chi connectivity index (χ2v) is 20.0. The largest absolute Gasteiger partial charge is 0.485 e. The van der Waals surface area contributed by atoms with Gasteiger partial charge in [-0.1, -0.05) is 43.3 Å². The molecule has 3 heterocycles. The lowest BCUT2D eigenvalue weighted by Gasteiger charge is -2.33. The molecule has 3 fully saturated rings. The van der Waals surface area contributed by atoms with E-state index in [2.05, 4.69) is 36.7 Å². The van der Waals surface area contributed by atoms with Gasteiger partial charge < -0.3 is 91.4 Å². The first-order valence-corrected chi connectivity index (χ1v) is 24.7. The highest BCUT2D eigenvalue weighted by atomic mass is 16.6. The van der Waals surface area contributed by atoms with Crippen molar-refractivity contribution < 1.29 is 83.2 Å². The maximum absolute atomic E-state index is 14.7. The van der Waals surface area contributed by atoms with E-state index in [0.29, 0.717) is 0 Å². The molecule has 5 rings (SSSR count). The molecule has 0 saturated carbocycles. The van der Waals surface area contributed by atoms with E-state index in [1.165, 1.54) is 52.9 Å². The van der Waals surface area contributed by atoms with Crippen LogP contribution in [0.25, 0.3) is 4.85 Å². The van der Waals surface area contributed by atoms with Crippen molar-refractivity contribution in [2.24, 2.45) is 5.92 Å². The van der Waals surface area contributed by atoms with Gasteiger partial charge in [0.2, 0.25) is 42.0 Å². The Kier molecular flexibility index (Phi) is 20.9. The minimum absolute atomic E-state index is 0.0356. The summed E-state index contributed by atoms with van der Waals surface area (Å²) < 4.78 is 17.1. The molecule has 0 aliphatic carbocycles. The highest BCUT2D eigenvalue weighted by Crippen LogP contribution is 2.31. The lowest BCUT2D eigenvalue weighted by atomic mass is 9.99. The average Bonchev–Trinajstić information content (AvgIpc) is 3.90. The standard InChI is InChI=1S/C50H69N9O17/c1-25-21-59-41(42(25)66)46(70)53-19-29(61)17-31(54-49(73)76-50(3,4)5)43(67)55-38(26(2)60)47(71)58-22-30(62)18-32(58)44(68)56-39(45(69)57-40(48(59)72)34(64)20-51-6)33(63)15-28-13-14-35(36(16-28)75-24-37(65)52-7)74-23-27-11-9-8-10-12-27/h8-14,16,25-26,29-34,38-42,60-64,66H,15,17-24H2,1-5,7H3,(H,52,65)(H,53,70)(H,54,73)(H,55,67)(H,56,68)(H,57,69)/t25-,26+,29+,30+,31-,32-,33+,34+,38-,39-,40-,41-,42-/m0/s1. The van der Waals surface area contributed by atoms with E-state index in [0.717, 1.165) is 22.3 Å². The van der Waals surface area contributed by atoms with Gasteiger partial charge in [-0.05, 0) is 51.0 Å². The van der Waals surface area contributed by atoms with Gasteiger partial charge in [0.05, 0.1) is 30.5 Å². The van der Waals surface area contributed by atoms with E-state index in [-0.39, 0.29) is 30.2 Å². The summed E-state index contributed by atoms with van der Waals surface area (Å²) in [5.41, 5.74) is -0.0507. The monoisotopic (exact) mass is 1070 g/mol. The van der Waals surface area contributed by atoms with Crippen LogP contribution in [0.5, 0.6) is 11.5 Å². The van der Waals surface area contributed by atoms with E-state index in [4.69, 9.17) is 20.8 Å². The Bertz CT molecular complexity index is 2450. The number of nitrogens with one attached hydrogen (secondary N) is 6. The first-order chi connectivity index (χ1) is 35.8. The summed E-state index contributed by atoms with van der Waals surface area (Å²) in [6, 6.07) is 2.23. The van der Waals surface area contributed by atoms with Crippen molar-refractivity contribution in [2.45, 2.75) is 139 Å². The highest BCUT2D eigenvalue weighted by molar-refractivity contribution is 5.98. The molecule has 2 aromatic rings. The summed E-state index contributed by atoms with van der Waals surface area (Å²) in [5, 5.41) is 81.9. The maximum atomic E-state index is 14.7. The van der Waals surface area contributed by atoms with Crippen LogP contribution in [0.2, 0.25) is 0 Å². The smallest absolute Gasteiger partial charge is 0.408 e. The predicted molar refractivity (Wildman–Crippen MR) is 265 cm³/mol. The molecule has 0 spiro atoms. The first kappa shape index (κ1) is 59.7. The molecule has 8 amide bonds. The number of hydrogen-bond acceptors (Lipinski definition) is 17. The summed E-state index contributed by atoms with van der Waals surface area (Å²) in [5.74, 6) is -8.10. The normalized spacial score (nSPS) is 27.4. The van der Waals surface area contributed by atoms with Gasteiger partial charge in [0, 0.05) is 51.9 Å². The van der Waals surface area contributed by atoms with Crippen LogP contribution in [-0.2, 0) is 51.3 Å². The fraction of sp³-hybridized carbons (Fsp3) is 0.580. The van der Waals surface area contributed by atoms with Gasteiger partial charge in [-0.3, -0.25) is 33.6 Å². The molecular weight excluding hydrogens is 999 g/mol. The summed E-state index contributed by atoms with van der Waals surface area (Å²) in [6.07, 6.45) is -13.1. The number of hydrogen-bond donors (Lipinski definition) is 12. The fourth-order valence-corrected chi connectivity index (χ4v) is 8.79. The molecule has 12 N–H and O–H groups in total. The van der Waals surface area contributed by atoms with Gasteiger partial charge in [-0.15, -0.1) is 0 Å². The number of aliphatic hydroxyl groups excluding tert-OH is 6. The van der Waals surface area contributed by atoms with Crippen molar-refractivity contribution in [3.8, 4) is 11.5 Å². The third-order valence-corrected chi connectivity index (χ3v) is 12.7. The van der Waals surface area contributed by atoms with Crippen LogP contribution in [-0.4, -0.2) is 206 Å². The van der Waals surface area contributed by atoms with Crippen molar-refractivity contribution in [3.05, 3.63) is 71.1 Å². The van der Waals surface area contributed by atoms with Gasteiger partial charge in [0.15, 0.2) is 24.2 Å². The van der Waals surface area contributed by atoms with Gasteiger partial charge in [0.25, 0.3) is 5.91 Å². The second-order valence-electron chi connectivity index (χ2n) is 20.0. The Morgan fingerprint density at radius 3 is 2.09 bits per heavy atom. The Balaban J connectivity index is 1.58. The minimum atomic E-state index is -2.10. The topological polar surface area (TPSA) is 369 Å². The Labute approximate surface area is 438 Å². The molecule has 416 valence electrons. The zero-order valence-corrected chi connectivity index (χ0v) is 43.0. The van der Waals surface area contributed by atoms with Gasteiger partial charge in [-0.25, -0.2) is 11.4 Å². The molecule has 2 aromatic carbocycles. The Hall–Kier alpha value is -7.15. The fourth-order valence-electron chi connectivity index (χ4n) is 8.79. The van der Waals surface area contributed by atoms with Gasteiger partial charge >= 0.3 is 6.09 Å². The van der Waals surface area contributed by atoms with Crippen LogP contribution >= 0.6 is 0 Å². The first-order valence-electron chi connectivity index (χ1n) is 24.7. The van der Waals surface area contributed by atoms with E-state index < -0.39 is 177 Å². The molecule has 26 nitrogen and oxygen atoms in total. The minimum Gasteiger partial charge on any atom is -0.485 e. The number of aliphatic hydroxyl groups is 6. The number of carbonyl (C=O) groups excluding carboxylic acids is 8. The van der Waals surface area contributed by atoms with E-state index in [1.54, 1.807) is 0 Å². The molecule has 76 heavy (non-hydrogen) atoms. The number of likely N-dealkylation sites (N-methyl/N-ethyl adjacent to an activating group) is 1. The van der Waals surface area contributed by atoms with Crippen LogP contribution in [0.3, 0.4) is 0 Å². The van der Waals surface area contributed by atoms with Crippen molar-refractivity contribution in [1.29, 1.82) is 0 Å². The number of alkyl carbamates (subject to hydrolysis) is 1. The highest BCUT2D eigenvalue weighted by Gasteiger charge is 2.50. The van der Waals surface area contributed by atoms with Crippen molar-refractivity contribution in [3.63, 3.8) is 0 Å². The number of fused-ring (bicyclic) bond motifs is 2. The number of carbonyl (C=O) groups is 8. The number of nitrogens with zero attached hydrogens (tertiary/aromatic N) is 3. The zero-order valence-electron chi connectivity index (χ0n) is 43.0. The Morgan fingerprint density at radius 1 is 0.789 bits per heavy atom. The molecule has 0 aromatic heterocycles. The number of ether oxygens (including phenoxy) is 3. The van der Waals surface area contributed by atoms with Crippen molar-refractivity contribution >= 4 is 47.4 Å². The van der Waals surface area contributed by atoms with Crippen LogP contribution in [0.4, 0.5) is 4.79 Å². The van der Waals surface area contributed by atoms with Gasteiger partial charge in [-0.2, -0.15) is 0 Å². The SMILES string of the molecule is [C-]#[N+]C[C@@H](O)[C@@H]1NC(=O)[C@H]([C@H](O)Cc2ccc(OCc3ccccc3)c(OCC(=O)NC)c2)NC(=O)[C@@H]2C[C@@H](O)CN2C(=O)[C@H]([C@@H](C)O)NC(=O)[C@@H](NC(=O)OC(C)(C)C)C[C@@H](O)CNC(=O)[C@@H]2[C@@H](O)[C@@H](C)CN2C1=O. The van der Waals surface area contributed by atoms with E-state index >= 15 is 0 Å². The maximum Gasteiger partial charge on any atom is 0.408 e. The van der Waals surface area contributed by atoms with Crippen molar-refractivity contribution in [2.75, 3.05) is 39.8 Å². The summed E-state index contributed by atoms with van der Waals surface area (Å²) >= 11 is 0. The predicted octanol–water partition coefficient (Wildman–Crippen LogP) is -3.65. The third-order valence-electron chi connectivity index (χ3n) is 12.7. The average molecular weight is 1070 g/mol. The molecule has 0 bridgehead atoms. The number of amides is 8. The van der Waals surface area contributed by atoms with Crippen LogP contribution in [0, 0.1) is 12.5 Å². The van der Waals surface area contributed by atoms with Crippen molar-refractivity contribution in [1.82, 2.24) is 41.7 Å². The second kappa shape index (κ2) is 26.6. The number of rotatable bonds is 13. The molecule has 0 radical (unpaired) electrons. The molecular formula is C50H69N9O17. The van der Waals surface area contributed by atoms with Crippen LogP contribution < -0.4 is 41.4 Å². The van der Waals surface area contributed by atoms with E-state index in [1.807, 2.05) is 30.3 Å².